The molecule has 0 atom stereocenters. The Hall–Kier alpha value is -4.00. The van der Waals surface area contributed by atoms with Crippen LogP contribution in [0.1, 0.15) is 31.9 Å². The number of aryl methyl sites for hydroxylation is 1. The van der Waals surface area contributed by atoms with Crippen molar-refractivity contribution in [1.29, 1.82) is 0 Å². The largest absolute Gasteiger partial charge is 0.490 e. The summed E-state index contributed by atoms with van der Waals surface area (Å²) < 4.78 is 11.5. The van der Waals surface area contributed by atoms with E-state index in [1.54, 1.807) is 0 Å². The number of ether oxygens (including phenoxy) is 2. The molecule has 2 amide bonds. The van der Waals surface area contributed by atoms with Crippen LogP contribution in [0.25, 0.3) is 0 Å². The number of hydrogen-bond donors (Lipinski definition) is 3. The third-order valence-corrected chi connectivity index (χ3v) is 5.18. The van der Waals surface area contributed by atoms with E-state index in [-0.39, 0.29) is 24.3 Å². The number of nitrogens with one attached hydrogen (secondary N) is 3. The normalized spacial score (nSPS) is 10.5. The summed E-state index contributed by atoms with van der Waals surface area (Å²) >= 11 is 0. The molecule has 3 aromatic rings. The number of hydrogen-bond acceptors (Lipinski definition) is 5. The SMILES string of the molecule is CCOc1cc(CNc2ccc(NC(=O)C(C)C)cc2)ccc1OCC(=O)Nc1ccc(C)cc1. The van der Waals surface area contributed by atoms with Crippen molar-refractivity contribution in [1.82, 2.24) is 0 Å². The van der Waals surface area contributed by atoms with Crippen LogP contribution in [0.4, 0.5) is 17.1 Å². The van der Waals surface area contributed by atoms with Crippen molar-refractivity contribution in [2.45, 2.75) is 34.2 Å². The molecule has 0 aliphatic carbocycles. The number of carbonyl (C=O) groups is 2. The first-order chi connectivity index (χ1) is 16.8. The highest BCUT2D eigenvalue weighted by atomic mass is 16.5. The molecule has 184 valence electrons. The van der Waals surface area contributed by atoms with E-state index >= 15 is 0 Å². The minimum atomic E-state index is -0.241. The predicted octanol–water partition coefficient (Wildman–Crippen LogP) is 5.62. The van der Waals surface area contributed by atoms with Gasteiger partial charge in [0.25, 0.3) is 5.91 Å². The highest BCUT2D eigenvalue weighted by molar-refractivity contribution is 5.92. The summed E-state index contributed by atoms with van der Waals surface area (Å²) in [6, 6.07) is 20.8. The van der Waals surface area contributed by atoms with Crippen molar-refractivity contribution < 1.29 is 19.1 Å². The third kappa shape index (κ3) is 8.07. The molecule has 0 spiro atoms. The molecule has 0 aliphatic rings. The van der Waals surface area contributed by atoms with Gasteiger partial charge in [0.15, 0.2) is 18.1 Å². The maximum Gasteiger partial charge on any atom is 0.262 e. The average molecular weight is 476 g/mol. The number of rotatable bonds is 11. The van der Waals surface area contributed by atoms with E-state index in [4.69, 9.17) is 9.47 Å². The molecule has 0 radical (unpaired) electrons. The summed E-state index contributed by atoms with van der Waals surface area (Å²) in [5, 5.41) is 9.06. The van der Waals surface area contributed by atoms with Gasteiger partial charge in [0.05, 0.1) is 6.61 Å². The topological polar surface area (TPSA) is 88.7 Å². The lowest BCUT2D eigenvalue weighted by Gasteiger charge is -2.14. The molecule has 0 fully saturated rings. The zero-order valence-electron chi connectivity index (χ0n) is 20.7. The van der Waals surface area contributed by atoms with Crippen LogP contribution < -0.4 is 25.4 Å². The Balaban J connectivity index is 1.55. The summed E-state index contributed by atoms with van der Waals surface area (Å²) in [5.41, 5.74) is 4.55. The molecule has 0 unspecified atom stereocenters. The minimum Gasteiger partial charge on any atom is -0.490 e. The fourth-order valence-electron chi connectivity index (χ4n) is 3.19. The smallest absolute Gasteiger partial charge is 0.262 e. The van der Waals surface area contributed by atoms with Gasteiger partial charge >= 0.3 is 0 Å². The fraction of sp³-hybridized carbons (Fsp3) is 0.286. The molecule has 0 heterocycles. The van der Waals surface area contributed by atoms with E-state index in [0.29, 0.717) is 24.7 Å². The van der Waals surface area contributed by atoms with Gasteiger partial charge in [-0.1, -0.05) is 37.6 Å². The van der Waals surface area contributed by atoms with E-state index < -0.39 is 0 Å². The van der Waals surface area contributed by atoms with Gasteiger partial charge in [0.1, 0.15) is 0 Å². The Morgan fingerprint density at radius 3 is 2.09 bits per heavy atom. The van der Waals surface area contributed by atoms with E-state index in [9.17, 15) is 9.59 Å². The second kappa shape index (κ2) is 12.5. The molecule has 0 saturated carbocycles. The quantitative estimate of drug-likeness (QED) is 0.335. The molecule has 0 bridgehead atoms. The van der Waals surface area contributed by atoms with Crippen molar-refractivity contribution in [3.63, 3.8) is 0 Å². The van der Waals surface area contributed by atoms with Gasteiger partial charge in [0.2, 0.25) is 5.91 Å². The van der Waals surface area contributed by atoms with E-state index in [2.05, 4.69) is 16.0 Å². The molecule has 3 N–H and O–H groups in total. The molecule has 0 aliphatic heterocycles. The number of amides is 2. The molecular weight excluding hydrogens is 442 g/mol. The number of carbonyl (C=O) groups excluding carboxylic acids is 2. The summed E-state index contributed by atoms with van der Waals surface area (Å²) in [6.45, 7) is 8.55. The van der Waals surface area contributed by atoms with Crippen LogP contribution in [0, 0.1) is 12.8 Å². The zero-order valence-corrected chi connectivity index (χ0v) is 20.7. The van der Waals surface area contributed by atoms with Crippen molar-refractivity contribution in [2.75, 3.05) is 29.2 Å². The molecule has 7 nitrogen and oxygen atoms in total. The predicted molar refractivity (Wildman–Crippen MR) is 140 cm³/mol. The van der Waals surface area contributed by atoms with Crippen LogP contribution in [0.5, 0.6) is 11.5 Å². The fourth-order valence-corrected chi connectivity index (χ4v) is 3.19. The van der Waals surface area contributed by atoms with E-state index in [0.717, 1.165) is 28.2 Å². The van der Waals surface area contributed by atoms with Crippen LogP contribution >= 0.6 is 0 Å². The molecular formula is C28H33N3O4. The third-order valence-electron chi connectivity index (χ3n) is 5.18. The standard InChI is InChI=1S/C28H33N3O4/c1-5-34-26-16-21(17-29-22-11-13-24(14-12-22)31-28(33)19(2)3)8-15-25(26)35-18-27(32)30-23-9-6-20(4)7-10-23/h6-16,19,29H,5,17-18H2,1-4H3,(H,30,32)(H,31,33). The van der Waals surface area contributed by atoms with Crippen molar-refractivity contribution >= 4 is 28.9 Å². The second-order valence-electron chi connectivity index (χ2n) is 8.49. The van der Waals surface area contributed by atoms with Gasteiger partial charge in [-0.3, -0.25) is 9.59 Å². The van der Waals surface area contributed by atoms with Crippen molar-refractivity contribution in [3.05, 3.63) is 77.9 Å². The van der Waals surface area contributed by atoms with E-state index in [1.165, 1.54) is 0 Å². The first kappa shape index (κ1) is 25.6. The summed E-state index contributed by atoms with van der Waals surface area (Å²) in [4.78, 5) is 24.1. The Morgan fingerprint density at radius 1 is 0.800 bits per heavy atom. The van der Waals surface area contributed by atoms with Crippen LogP contribution in [-0.4, -0.2) is 25.0 Å². The van der Waals surface area contributed by atoms with E-state index in [1.807, 2.05) is 94.4 Å². The lowest BCUT2D eigenvalue weighted by molar-refractivity contribution is -0.119. The monoisotopic (exact) mass is 475 g/mol. The Bertz CT molecular complexity index is 1130. The molecule has 3 rings (SSSR count). The molecule has 3 aromatic carbocycles. The van der Waals surface area contributed by atoms with Gasteiger partial charge in [0, 0.05) is 29.5 Å². The summed E-state index contributed by atoms with van der Waals surface area (Å²) in [5.74, 6) is 0.780. The first-order valence-corrected chi connectivity index (χ1v) is 11.7. The summed E-state index contributed by atoms with van der Waals surface area (Å²) in [7, 11) is 0. The van der Waals surface area contributed by atoms with Gasteiger partial charge in [-0.05, 0) is 67.9 Å². The van der Waals surface area contributed by atoms with Crippen molar-refractivity contribution in [3.8, 4) is 11.5 Å². The number of anilines is 3. The number of benzene rings is 3. The van der Waals surface area contributed by atoms with Gasteiger partial charge in [-0.2, -0.15) is 0 Å². The first-order valence-electron chi connectivity index (χ1n) is 11.7. The minimum absolute atomic E-state index is 0.0101. The molecule has 0 aromatic heterocycles. The molecule has 7 heteroatoms. The maximum absolute atomic E-state index is 12.3. The van der Waals surface area contributed by atoms with Crippen molar-refractivity contribution in [2.24, 2.45) is 5.92 Å². The van der Waals surface area contributed by atoms with Gasteiger partial charge in [-0.25, -0.2) is 0 Å². The molecule has 35 heavy (non-hydrogen) atoms. The van der Waals surface area contributed by atoms with Crippen LogP contribution in [0.15, 0.2) is 66.7 Å². The molecule has 0 saturated heterocycles. The second-order valence-corrected chi connectivity index (χ2v) is 8.49. The van der Waals surface area contributed by atoms with Crippen LogP contribution in [-0.2, 0) is 16.1 Å². The highest BCUT2D eigenvalue weighted by Gasteiger charge is 2.10. The lowest BCUT2D eigenvalue weighted by Crippen LogP contribution is -2.20. The highest BCUT2D eigenvalue weighted by Crippen LogP contribution is 2.29. The average Bonchev–Trinajstić information content (AvgIpc) is 2.84. The Morgan fingerprint density at radius 2 is 1.43 bits per heavy atom. The zero-order chi connectivity index (χ0) is 25.2. The lowest BCUT2D eigenvalue weighted by atomic mass is 10.2. The van der Waals surface area contributed by atoms with Gasteiger partial charge < -0.3 is 25.4 Å². The van der Waals surface area contributed by atoms with Crippen LogP contribution in [0.2, 0.25) is 0 Å². The summed E-state index contributed by atoms with van der Waals surface area (Å²) in [6.07, 6.45) is 0. The Labute approximate surface area is 206 Å². The maximum atomic E-state index is 12.3. The Kier molecular flexibility index (Phi) is 9.12. The van der Waals surface area contributed by atoms with Crippen LogP contribution in [0.3, 0.4) is 0 Å². The van der Waals surface area contributed by atoms with Gasteiger partial charge in [-0.15, -0.1) is 0 Å².